The lowest BCUT2D eigenvalue weighted by molar-refractivity contribution is 0.0702. The normalized spacial score (nSPS) is 10.7. The predicted octanol–water partition coefficient (Wildman–Crippen LogP) is 2.56. The molecule has 0 amide bonds. The molecule has 16 heavy (non-hydrogen) atoms. The molecule has 0 saturated heterocycles. The van der Waals surface area contributed by atoms with E-state index in [1.165, 1.54) is 11.3 Å². The lowest BCUT2D eigenvalue weighted by Crippen LogP contribution is -1.96. The molecular weight excluding hydrogens is 224 g/mol. The molecule has 1 N–H and O–H groups in total. The third kappa shape index (κ3) is 1.63. The van der Waals surface area contributed by atoms with E-state index in [0.717, 1.165) is 22.0 Å². The molecule has 0 aromatic carbocycles. The van der Waals surface area contributed by atoms with Gasteiger partial charge in [0.25, 0.3) is 0 Å². The first kappa shape index (κ1) is 10.9. The zero-order valence-electron chi connectivity index (χ0n) is 9.31. The van der Waals surface area contributed by atoms with E-state index < -0.39 is 5.97 Å². The summed E-state index contributed by atoms with van der Waals surface area (Å²) in [6.45, 7) is 5.94. The van der Waals surface area contributed by atoms with Gasteiger partial charge in [0, 0.05) is 5.69 Å². The maximum Gasteiger partial charge on any atom is 0.345 e. The monoisotopic (exact) mass is 236 g/mol. The minimum absolute atomic E-state index is 0.334. The first-order chi connectivity index (χ1) is 7.50. The van der Waals surface area contributed by atoms with Gasteiger partial charge in [0.1, 0.15) is 9.88 Å². The number of aromatic carboxylic acids is 1. The van der Waals surface area contributed by atoms with E-state index in [-0.39, 0.29) is 0 Å². The highest BCUT2D eigenvalue weighted by Crippen LogP contribution is 2.23. The van der Waals surface area contributed by atoms with Gasteiger partial charge in [-0.1, -0.05) is 0 Å². The molecule has 2 heterocycles. The molecule has 0 saturated carbocycles. The Bertz CT molecular complexity index is 554. The highest BCUT2D eigenvalue weighted by Gasteiger charge is 2.13. The molecule has 2 aromatic rings. The number of thiophene rings is 1. The van der Waals surface area contributed by atoms with E-state index in [1.54, 1.807) is 16.8 Å². The number of aromatic nitrogens is 2. The van der Waals surface area contributed by atoms with Crippen molar-refractivity contribution < 1.29 is 9.90 Å². The molecule has 0 fully saturated rings. The lowest BCUT2D eigenvalue weighted by atomic mass is 10.2. The SMILES string of the molecule is Cc1nn(-c2ccc(C(=O)O)s2)c(C)c1C. The summed E-state index contributed by atoms with van der Waals surface area (Å²) in [5.41, 5.74) is 3.17. The Morgan fingerprint density at radius 1 is 1.38 bits per heavy atom. The van der Waals surface area contributed by atoms with Crippen molar-refractivity contribution in [1.82, 2.24) is 9.78 Å². The number of carbonyl (C=O) groups is 1. The number of nitrogens with zero attached hydrogens (tertiary/aromatic N) is 2. The van der Waals surface area contributed by atoms with Crippen LogP contribution in [0.1, 0.15) is 26.6 Å². The highest BCUT2D eigenvalue weighted by molar-refractivity contribution is 7.16. The fourth-order valence-corrected chi connectivity index (χ4v) is 2.34. The van der Waals surface area contributed by atoms with Crippen molar-refractivity contribution in [3.8, 4) is 5.00 Å². The van der Waals surface area contributed by atoms with Gasteiger partial charge in [-0.05, 0) is 38.5 Å². The fourth-order valence-electron chi connectivity index (χ4n) is 1.49. The van der Waals surface area contributed by atoms with Crippen LogP contribution in [0.5, 0.6) is 0 Å². The number of hydrogen-bond acceptors (Lipinski definition) is 3. The summed E-state index contributed by atoms with van der Waals surface area (Å²) >= 11 is 1.23. The van der Waals surface area contributed by atoms with Crippen LogP contribution in [-0.2, 0) is 0 Å². The van der Waals surface area contributed by atoms with E-state index in [4.69, 9.17) is 5.11 Å². The number of rotatable bonds is 2. The molecule has 4 nitrogen and oxygen atoms in total. The second-order valence-corrected chi connectivity index (χ2v) is 4.71. The van der Waals surface area contributed by atoms with Crippen LogP contribution in [0.25, 0.3) is 5.00 Å². The van der Waals surface area contributed by atoms with E-state index in [2.05, 4.69) is 5.10 Å². The Balaban J connectivity index is 2.50. The van der Waals surface area contributed by atoms with Crippen LogP contribution in [0.3, 0.4) is 0 Å². The van der Waals surface area contributed by atoms with E-state index in [9.17, 15) is 4.79 Å². The number of aryl methyl sites for hydroxylation is 1. The van der Waals surface area contributed by atoms with Crippen molar-refractivity contribution in [2.45, 2.75) is 20.8 Å². The van der Waals surface area contributed by atoms with Crippen molar-refractivity contribution in [3.63, 3.8) is 0 Å². The summed E-state index contributed by atoms with van der Waals surface area (Å²) in [5.74, 6) is -0.894. The molecule has 0 bridgehead atoms. The van der Waals surface area contributed by atoms with Crippen LogP contribution in [0, 0.1) is 20.8 Å². The Morgan fingerprint density at radius 2 is 2.06 bits per heavy atom. The van der Waals surface area contributed by atoms with Crippen LogP contribution in [0.4, 0.5) is 0 Å². The van der Waals surface area contributed by atoms with Gasteiger partial charge >= 0.3 is 5.97 Å². The van der Waals surface area contributed by atoms with Gasteiger partial charge < -0.3 is 5.11 Å². The van der Waals surface area contributed by atoms with Crippen LogP contribution in [0.15, 0.2) is 12.1 Å². The Kier molecular flexibility index (Phi) is 2.55. The summed E-state index contributed by atoms with van der Waals surface area (Å²) in [6, 6.07) is 3.39. The molecule has 0 spiro atoms. The highest BCUT2D eigenvalue weighted by atomic mass is 32.1. The maximum atomic E-state index is 10.8. The molecule has 0 aliphatic rings. The first-order valence-electron chi connectivity index (χ1n) is 4.87. The number of hydrogen-bond donors (Lipinski definition) is 1. The summed E-state index contributed by atoms with van der Waals surface area (Å²) in [6.07, 6.45) is 0. The van der Waals surface area contributed by atoms with Crippen LogP contribution in [-0.4, -0.2) is 20.9 Å². The Labute approximate surface area is 97.2 Å². The topological polar surface area (TPSA) is 55.1 Å². The van der Waals surface area contributed by atoms with Crippen molar-refractivity contribution in [2.24, 2.45) is 0 Å². The van der Waals surface area contributed by atoms with Crippen molar-refractivity contribution in [1.29, 1.82) is 0 Å². The van der Waals surface area contributed by atoms with Gasteiger partial charge in [0.2, 0.25) is 0 Å². The molecule has 2 rings (SSSR count). The van der Waals surface area contributed by atoms with Gasteiger partial charge in [-0.2, -0.15) is 5.10 Å². The predicted molar refractivity (Wildman–Crippen MR) is 62.6 cm³/mol. The minimum Gasteiger partial charge on any atom is -0.477 e. The maximum absolute atomic E-state index is 10.8. The Hall–Kier alpha value is -1.62. The molecule has 84 valence electrons. The van der Waals surface area contributed by atoms with E-state index in [1.807, 2.05) is 20.8 Å². The van der Waals surface area contributed by atoms with Gasteiger partial charge in [-0.3, -0.25) is 0 Å². The molecule has 5 heteroatoms. The Morgan fingerprint density at radius 3 is 2.50 bits per heavy atom. The number of carboxylic acids is 1. The van der Waals surface area contributed by atoms with E-state index in [0.29, 0.717) is 4.88 Å². The van der Waals surface area contributed by atoms with Crippen LogP contribution in [0.2, 0.25) is 0 Å². The smallest absolute Gasteiger partial charge is 0.345 e. The van der Waals surface area contributed by atoms with Crippen molar-refractivity contribution >= 4 is 17.3 Å². The standard InChI is InChI=1S/C11H12N2O2S/c1-6-7(2)12-13(8(6)3)10-5-4-9(16-10)11(14)15/h4-5H,1-3H3,(H,14,15). The summed E-state index contributed by atoms with van der Waals surface area (Å²) < 4.78 is 1.79. The molecule has 2 aromatic heterocycles. The van der Waals surface area contributed by atoms with Crippen LogP contribution < -0.4 is 0 Å². The summed E-state index contributed by atoms with van der Waals surface area (Å²) in [5, 5.41) is 14.1. The summed E-state index contributed by atoms with van der Waals surface area (Å²) in [7, 11) is 0. The second kappa shape index (κ2) is 3.75. The molecule has 0 atom stereocenters. The second-order valence-electron chi connectivity index (χ2n) is 3.65. The molecule has 0 aliphatic heterocycles. The van der Waals surface area contributed by atoms with Gasteiger partial charge in [0.15, 0.2) is 0 Å². The number of carboxylic acid groups (broad SMARTS) is 1. The van der Waals surface area contributed by atoms with Crippen molar-refractivity contribution in [2.75, 3.05) is 0 Å². The summed E-state index contributed by atoms with van der Waals surface area (Å²) in [4.78, 5) is 11.1. The van der Waals surface area contributed by atoms with Crippen LogP contribution >= 0.6 is 11.3 Å². The molecule has 0 aliphatic carbocycles. The average molecular weight is 236 g/mol. The zero-order chi connectivity index (χ0) is 11.9. The van der Waals surface area contributed by atoms with Crippen molar-refractivity contribution in [3.05, 3.63) is 34.0 Å². The third-order valence-electron chi connectivity index (χ3n) is 2.66. The quantitative estimate of drug-likeness (QED) is 0.871. The molecule has 0 unspecified atom stereocenters. The fraction of sp³-hybridized carbons (Fsp3) is 0.273. The average Bonchev–Trinajstić information content (AvgIpc) is 2.79. The largest absolute Gasteiger partial charge is 0.477 e. The van der Waals surface area contributed by atoms with Gasteiger partial charge in [-0.15, -0.1) is 11.3 Å². The lowest BCUT2D eigenvalue weighted by Gasteiger charge is -1.99. The third-order valence-corrected chi connectivity index (χ3v) is 3.71. The van der Waals surface area contributed by atoms with Gasteiger partial charge in [-0.25, -0.2) is 9.48 Å². The molecule has 0 radical (unpaired) electrons. The first-order valence-corrected chi connectivity index (χ1v) is 5.68. The van der Waals surface area contributed by atoms with E-state index >= 15 is 0 Å². The minimum atomic E-state index is -0.894. The van der Waals surface area contributed by atoms with Gasteiger partial charge in [0.05, 0.1) is 5.69 Å². The molecular formula is C11H12N2O2S. The zero-order valence-corrected chi connectivity index (χ0v) is 10.1.